The quantitative estimate of drug-likeness (QED) is 0.434. The molecule has 2 aromatic heterocycles. The number of aryl methyl sites for hydroxylation is 1. The van der Waals surface area contributed by atoms with E-state index in [4.69, 9.17) is 4.42 Å². The number of benzene rings is 1. The first-order valence-corrected chi connectivity index (χ1v) is 15.5. The van der Waals surface area contributed by atoms with Crippen LogP contribution in [-0.2, 0) is 23.0 Å². The van der Waals surface area contributed by atoms with Crippen LogP contribution in [0.15, 0.2) is 41.2 Å². The van der Waals surface area contributed by atoms with Gasteiger partial charge in [0, 0.05) is 48.2 Å². The molecule has 0 aliphatic carbocycles. The summed E-state index contributed by atoms with van der Waals surface area (Å²) in [7, 11) is 0.410. The Kier molecular flexibility index (Phi) is 9.68. The fourth-order valence-corrected chi connectivity index (χ4v) is 6.31. The maximum atomic E-state index is 13.0. The third-order valence-corrected chi connectivity index (χ3v) is 8.85. The number of hydrogen-bond donors (Lipinski definition) is 1. The molecule has 38 heavy (non-hydrogen) atoms. The maximum Gasteiger partial charge on any atom is 0.264 e. The van der Waals surface area contributed by atoms with Gasteiger partial charge in [0.25, 0.3) is 5.91 Å². The first-order chi connectivity index (χ1) is 18.3. The Labute approximate surface area is 227 Å². The van der Waals surface area contributed by atoms with Crippen LogP contribution >= 0.6 is 0 Å². The molecule has 0 atom stereocenters. The highest BCUT2D eigenvalue weighted by Gasteiger charge is 2.23. The van der Waals surface area contributed by atoms with Crippen molar-refractivity contribution in [1.29, 1.82) is 0 Å². The van der Waals surface area contributed by atoms with E-state index in [2.05, 4.69) is 33.1 Å². The fraction of sp³-hybridized carbons (Fsp3) is 0.552. The van der Waals surface area contributed by atoms with Crippen molar-refractivity contribution in [1.82, 2.24) is 19.1 Å². The Morgan fingerprint density at radius 1 is 0.921 bits per heavy atom. The summed E-state index contributed by atoms with van der Waals surface area (Å²) in [5, 5.41) is 1.11. The van der Waals surface area contributed by atoms with Gasteiger partial charge < -0.3 is 18.8 Å². The number of carbonyl (C=O) groups excluding carboxylic acids is 1. The van der Waals surface area contributed by atoms with Crippen LogP contribution in [0.25, 0.3) is 22.2 Å². The lowest BCUT2D eigenvalue weighted by molar-refractivity contribution is 0.0981. The molecule has 1 aromatic carbocycles. The Morgan fingerprint density at radius 2 is 1.66 bits per heavy atom. The molecular formula is C29H42N4O4S. The molecule has 0 unspecified atom stereocenters. The number of nitrogens with one attached hydrogen (secondary N) is 1. The zero-order valence-corrected chi connectivity index (χ0v) is 23.9. The summed E-state index contributed by atoms with van der Waals surface area (Å²) in [6.07, 6.45) is 10.9. The van der Waals surface area contributed by atoms with E-state index in [0.717, 1.165) is 61.2 Å². The van der Waals surface area contributed by atoms with Crippen molar-refractivity contribution in [3.63, 3.8) is 0 Å². The standard InChI is InChI=1S/C29H42N4O4S/c1-4-5-6-7-8-10-26-25-12-11-23-21-27(25)33(28(26)24-13-19-37-22-24)18-17-32(3)16-15-31(2)14-9-20-38(35,36)30-29(23)34/h11-13,19,21-22H,4-10,14-18,20H2,1-3H3,(H,30,34). The summed E-state index contributed by atoms with van der Waals surface area (Å²) in [5.41, 5.74) is 4.71. The molecule has 1 aliphatic heterocycles. The summed E-state index contributed by atoms with van der Waals surface area (Å²) in [6.45, 7) is 6.21. The summed E-state index contributed by atoms with van der Waals surface area (Å²) in [6, 6.07) is 7.58. The third-order valence-electron chi connectivity index (χ3n) is 7.53. The highest BCUT2D eigenvalue weighted by molar-refractivity contribution is 7.90. The highest BCUT2D eigenvalue weighted by atomic mass is 32.2. The van der Waals surface area contributed by atoms with Crippen LogP contribution in [-0.4, -0.2) is 74.7 Å². The average molecular weight is 543 g/mol. The van der Waals surface area contributed by atoms with E-state index < -0.39 is 15.9 Å². The molecule has 1 amide bonds. The van der Waals surface area contributed by atoms with E-state index in [-0.39, 0.29) is 5.75 Å². The van der Waals surface area contributed by atoms with Gasteiger partial charge in [-0.2, -0.15) is 0 Å². The van der Waals surface area contributed by atoms with Gasteiger partial charge in [-0.25, -0.2) is 13.1 Å². The number of fused-ring (bicyclic) bond motifs is 1. The van der Waals surface area contributed by atoms with Gasteiger partial charge >= 0.3 is 0 Å². The largest absolute Gasteiger partial charge is 0.472 e. The number of unbranched alkanes of at least 4 members (excludes halogenated alkanes) is 4. The van der Waals surface area contributed by atoms with Crippen LogP contribution in [0.4, 0.5) is 0 Å². The number of hydrogen-bond acceptors (Lipinski definition) is 6. The van der Waals surface area contributed by atoms with Crippen LogP contribution in [0.3, 0.4) is 0 Å². The molecule has 0 spiro atoms. The Hall–Kier alpha value is -2.62. The molecule has 3 heterocycles. The van der Waals surface area contributed by atoms with Gasteiger partial charge in [-0.05, 0) is 63.7 Å². The minimum absolute atomic E-state index is 0.0790. The topological polar surface area (TPSA) is 87.8 Å². The number of nitrogens with zero attached hydrogens (tertiary/aromatic N) is 3. The van der Waals surface area contributed by atoms with E-state index in [1.54, 1.807) is 18.6 Å². The first-order valence-electron chi connectivity index (χ1n) is 13.9. The minimum atomic E-state index is -3.72. The Morgan fingerprint density at radius 3 is 2.39 bits per heavy atom. The Bertz CT molecular complexity index is 1310. The summed E-state index contributed by atoms with van der Waals surface area (Å²) in [4.78, 5) is 17.5. The first kappa shape index (κ1) is 28.4. The predicted molar refractivity (Wildman–Crippen MR) is 153 cm³/mol. The smallest absolute Gasteiger partial charge is 0.264 e. The Balaban J connectivity index is 1.79. The molecule has 9 heteroatoms. The maximum absolute atomic E-state index is 13.0. The lowest BCUT2D eigenvalue weighted by Crippen LogP contribution is -2.36. The average Bonchev–Trinajstić information content (AvgIpc) is 3.51. The minimum Gasteiger partial charge on any atom is -0.472 e. The number of aromatic nitrogens is 1. The van der Waals surface area contributed by atoms with Crippen LogP contribution in [0.5, 0.6) is 0 Å². The lowest BCUT2D eigenvalue weighted by Gasteiger charge is -2.23. The second-order valence-electron chi connectivity index (χ2n) is 10.6. The van der Waals surface area contributed by atoms with E-state index in [9.17, 15) is 13.2 Å². The van der Waals surface area contributed by atoms with Gasteiger partial charge in [0.15, 0.2) is 0 Å². The van der Waals surface area contributed by atoms with Gasteiger partial charge in [0.1, 0.15) is 0 Å². The number of carbonyl (C=O) groups is 1. The van der Waals surface area contributed by atoms with Crippen LogP contribution in [0.2, 0.25) is 0 Å². The number of likely N-dealkylation sites (N-methyl/N-ethyl adjacent to an activating group) is 2. The van der Waals surface area contributed by atoms with E-state index in [1.165, 1.54) is 31.2 Å². The zero-order valence-electron chi connectivity index (χ0n) is 23.0. The highest BCUT2D eigenvalue weighted by Crippen LogP contribution is 2.36. The molecule has 208 valence electrons. The van der Waals surface area contributed by atoms with E-state index >= 15 is 0 Å². The monoisotopic (exact) mass is 542 g/mol. The predicted octanol–water partition coefficient (Wildman–Crippen LogP) is 4.74. The fourth-order valence-electron chi connectivity index (χ4n) is 5.29. The molecule has 0 radical (unpaired) electrons. The number of sulfonamides is 1. The number of furan rings is 1. The summed E-state index contributed by atoms with van der Waals surface area (Å²) >= 11 is 0. The van der Waals surface area contributed by atoms with E-state index in [0.29, 0.717) is 18.5 Å². The van der Waals surface area contributed by atoms with Crippen molar-refractivity contribution in [3.8, 4) is 11.3 Å². The molecule has 4 rings (SSSR count). The molecule has 0 fully saturated rings. The van der Waals surface area contributed by atoms with Crippen LogP contribution in [0, 0.1) is 0 Å². The SMILES string of the molecule is CCCCCCCc1c(-c2ccoc2)n2c3cc(ccc13)C(=O)NS(=O)(=O)CCCN(C)CCN(C)CC2. The van der Waals surface area contributed by atoms with Gasteiger partial charge in [0.05, 0.1) is 24.0 Å². The van der Waals surface area contributed by atoms with Crippen molar-refractivity contribution < 1.29 is 17.6 Å². The molecule has 8 nitrogen and oxygen atoms in total. The molecule has 1 aliphatic rings. The normalized spacial score (nSPS) is 18.2. The van der Waals surface area contributed by atoms with E-state index in [1.807, 2.05) is 25.2 Å². The summed E-state index contributed by atoms with van der Waals surface area (Å²) in [5.74, 6) is -0.659. The third kappa shape index (κ3) is 7.07. The summed E-state index contributed by atoms with van der Waals surface area (Å²) < 4.78 is 35.3. The molecule has 1 N–H and O–H groups in total. The van der Waals surface area contributed by atoms with Crippen LogP contribution in [0.1, 0.15) is 61.4 Å². The molecule has 0 saturated carbocycles. The van der Waals surface area contributed by atoms with Crippen LogP contribution < -0.4 is 4.72 Å². The molecular weight excluding hydrogens is 500 g/mol. The van der Waals surface area contributed by atoms with Crippen molar-refractivity contribution >= 4 is 26.8 Å². The van der Waals surface area contributed by atoms with Gasteiger partial charge in [0.2, 0.25) is 10.0 Å². The molecule has 0 saturated heterocycles. The molecule has 2 bridgehead atoms. The zero-order chi connectivity index (χ0) is 27.1. The second kappa shape index (κ2) is 13.0. The second-order valence-corrected chi connectivity index (χ2v) is 12.4. The van der Waals surface area contributed by atoms with Crippen molar-refractivity contribution in [3.05, 3.63) is 47.9 Å². The lowest BCUT2D eigenvalue weighted by atomic mass is 9.99. The van der Waals surface area contributed by atoms with Crippen molar-refractivity contribution in [2.75, 3.05) is 46.0 Å². The van der Waals surface area contributed by atoms with Gasteiger partial charge in [-0.1, -0.05) is 38.7 Å². The van der Waals surface area contributed by atoms with Gasteiger partial charge in [-0.15, -0.1) is 0 Å². The van der Waals surface area contributed by atoms with Crippen molar-refractivity contribution in [2.45, 2.75) is 58.4 Å². The number of amides is 1. The van der Waals surface area contributed by atoms with Crippen molar-refractivity contribution in [2.24, 2.45) is 0 Å². The number of rotatable bonds is 7. The van der Waals surface area contributed by atoms with Gasteiger partial charge in [-0.3, -0.25) is 4.79 Å². The molecule has 3 aromatic rings.